The minimum atomic E-state index is -0.430. The molecule has 0 fully saturated rings. The Hall–Kier alpha value is -0.880. The Morgan fingerprint density at radius 3 is 2.89 bits per heavy atom. The van der Waals surface area contributed by atoms with Crippen LogP contribution in [0.1, 0.15) is 33.6 Å². The Kier molecular flexibility index (Phi) is 6.00. The topological polar surface area (TPSA) is 55.1 Å². The van der Waals surface area contributed by atoms with Crippen LogP contribution in [0.15, 0.2) is 17.0 Å². The SMILES string of the molecule is CC(C)(C)OC(=O)CCCN[n+]1cc(Cl)ncc1Br. The van der Waals surface area contributed by atoms with Crippen LogP contribution in [-0.2, 0) is 9.53 Å². The molecule has 0 bridgehead atoms. The highest BCUT2D eigenvalue weighted by molar-refractivity contribution is 9.10. The summed E-state index contributed by atoms with van der Waals surface area (Å²) in [6.45, 7) is 6.20. The first-order valence-electron chi connectivity index (χ1n) is 5.96. The van der Waals surface area contributed by atoms with E-state index in [1.54, 1.807) is 17.1 Å². The molecule has 0 aliphatic heterocycles. The summed E-state index contributed by atoms with van der Waals surface area (Å²) in [5.41, 5.74) is 2.68. The van der Waals surface area contributed by atoms with Gasteiger partial charge in [0.25, 0.3) is 4.60 Å². The largest absolute Gasteiger partial charge is 0.460 e. The highest BCUT2D eigenvalue weighted by Gasteiger charge is 2.16. The molecule has 19 heavy (non-hydrogen) atoms. The zero-order valence-electron chi connectivity index (χ0n) is 11.2. The summed E-state index contributed by atoms with van der Waals surface area (Å²) in [5, 5.41) is 0.392. The van der Waals surface area contributed by atoms with Crippen LogP contribution in [0, 0.1) is 0 Å². The number of esters is 1. The van der Waals surface area contributed by atoms with Gasteiger partial charge >= 0.3 is 5.97 Å². The van der Waals surface area contributed by atoms with E-state index in [2.05, 4.69) is 26.3 Å². The van der Waals surface area contributed by atoms with E-state index in [0.29, 0.717) is 24.5 Å². The van der Waals surface area contributed by atoms with Gasteiger partial charge in [0.05, 0.1) is 6.54 Å². The van der Waals surface area contributed by atoms with Crippen molar-refractivity contribution in [2.45, 2.75) is 39.2 Å². The number of hydrogen-bond donors (Lipinski definition) is 1. The zero-order valence-corrected chi connectivity index (χ0v) is 13.6. The summed E-state index contributed by atoms with van der Waals surface area (Å²) < 4.78 is 7.69. The van der Waals surface area contributed by atoms with Crippen LogP contribution in [0.4, 0.5) is 0 Å². The molecule has 0 saturated heterocycles. The fraction of sp³-hybridized carbons (Fsp3) is 0.583. The van der Waals surface area contributed by atoms with Crippen molar-refractivity contribution in [3.8, 4) is 0 Å². The van der Waals surface area contributed by atoms with Crippen molar-refractivity contribution in [3.63, 3.8) is 0 Å². The summed E-state index contributed by atoms with van der Waals surface area (Å²) in [6, 6.07) is 0. The van der Waals surface area contributed by atoms with Gasteiger partial charge in [0.15, 0.2) is 5.15 Å². The van der Waals surface area contributed by atoms with E-state index >= 15 is 0 Å². The van der Waals surface area contributed by atoms with E-state index in [-0.39, 0.29) is 5.97 Å². The number of nitrogens with one attached hydrogen (secondary N) is 1. The quantitative estimate of drug-likeness (QED) is 0.503. The molecule has 106 valence electrons. The Morgan fingerprint density at radius 2 is 2.26 bits per heavy atom. The standard InChI is InChI=1S/C12H18BrClN3O2/c1-12(2,3)19-11(18)5-4-6-16-17-8-10(14)15-7-9(17)13/h7-8H,4-6H2,1-3H3,(H,15,16)/q+1. The second-order valence-corrected chi connectivity index (χ2v) is 6.20. The summed E-state index contributed by atoms with van der Waals surface area (Å²) in [6.07, 6.45) is 4.30. The van der Waals surface area contributed by atoms with Crippen molar-refractivity contribution >= 4 is 33.5 Å². The average Bonchev–Trinajstić information content (AvgIpc) is 2.26. The van der Waals surface area contributed by atoms with Gasteiger partial charge < -0.3 is 4.74 Å². The molecule has 1 aromatic rings. The molecule has 0 aliphatic carbocycles. The van der Waals surface area contributed by atoms with Gasteiger partial charge in [0.2, 0.25) is 6.20 Å². The summed E-state index contributed by atoms with van der Waals surface area (Å²) >= 11 is 9.12. The third kappa shape index (κ3) is 6.73. The van der Waals surface area contributed by atoms with Crippen LogP contribution >= 0.6 is 27.5 Å². The first-order chi connectivity index (χ1) is 8.78. The smallest absolute Gasteiger partial charge is 0.306 e. The van der Waals surface area contributed by atoms with Crippen LogP contribution in [0.2, 0.25) is 5.15 Å². The number of carbonyl (C=O) groups excluding carboxylic acids is 1. The van der Waals surface area contributed by atoms with Gasteiger partial charge in [-0.3, -0.25) is 4.79 Å². The molecule has 0 atom stereocenters. The van der Waals surface area contributed by atoms with Crippen LogP contribution in [0.5, 0.6) is 0 Å². The summed E-state index contributed by atoms with van der Waals surface area (Å²) in [5.74, 6) is -0.189. The molecule has 1 heterocycles. The fourth-order valence-corrected chi connectivity index (χ4v) is 1.80. The van der Waals surface area contributed by atoms with Gasteiger partial charge in [0.1, 0.15) is 11.8 Å². The maximum Gasteiger partial charge on any atom is 0.306 e. The minimum absolute atomic E-state index is 0.189. The van der Waals surface area contributed by atoms with E-state index in [9.17, 15) is 4.79 Å². The van der Waals surface area contributed by atoms with E-state index < -0.39 is 5.60 Å². The molecule has 0 radical (unpaired) electrons. The fourth-order valence-electron chi connectivity index (χ4n) is 1.32. The molecule has 0 amide bonds. The number of rotatable bonds is 5. The second kappa shape index (κ2) is 7.05. The maximum absolute atomic E-state index is 11.5. The Labute approximate surface area is 126 Å². The Bertz CT molecular complexity index is 449. The molecule has 1 N–H and O–H groups in total. The normalized spacial score (nSPS) is 11.2. The first-order valence-corrected chi connectivity index (χ1v) is 7.13. The van der Waals surface area contributed by atoms with E-state index in [1.165, 1.54) is 0 Å². The lowest BCUT2D eigenvalue weighted by Crippen LogP contribution is -2.47. The third-order valence-electron chi connectivity index (χ3n) is 2.02. The summed E-state index contributed by atoms with van der Waals surface area (Å²) in [4.78, 5) is 15.4. The molecule has 0 aliphatic rings. The van der Waals surface area contributed by atoms with Gasteiger partial charge in [-0.15, -0.1) is 0 Å². The molecule has 1 aromatic heterocycles. The van der Waals surface area contributed by atoms with E-state index in [0.717, 1.165) is 4.60 Å². The number of hydrogen-bond acceptors (Lipinski definition) is 4. The van der Waals surface area contributed by atoms with Crippen molar-refractivity contribution in [2.75, 3.05) is 12.0 Å². The number of ether oxygens (including phenoxy) is 1. The number of aromatic nitrogens is 2. The zero-order chi connectivity index (χ0) is 14.5. The maximum atomic E-state index is 11.5. The lowest BCUT2D eigenvalue weighted by Gasteiger charge is -2.19. The Balaban J connectivity index is 2.31. The minimum Gasteiger partial charge on any atom is -0.460 e. The first kappa shape index (κ1) is 16.2. The second-order valence-electron chi connectivity index (χ2n) is 5.00. The molecular formula is C12H18BrClN3O2+. The molecule has 5 nitrogen and oxygen atoms in total. The average molecular weight is 352 g/mol. The van der Waals surface area contributed by atoms with E-state index in [4.69, 9.17) is 16.3 Å². The van der Waals surface area contributed by atoms with Crippen LogP contribution in [0.25, 0.3) is 0 Å². The van der Waals surface area contributed by atoms with Gasteiger partial charge in [-0.1, -0.05) is 16.3 Å². The van der Waals surface area contributed by atoms with Crippen LogP contribution in [-0.4, -0.2) is 23.1 Å². The van der Waals surface area contributed by atoms with Crippen molar-refractivity contribution < 1.29 is 14.2 Å². The number of nitrogens with zero attached hydrogens (tertiary/aromatic N) is 2. The molecule has 1 rings (SSSR count). The van der Waals surface area contributed by atoms with E-state index in [1.807, 2.05) is 20.8 Å². The van der Waals surface area contributed by atoms with Gasteiger partial charge in [0, 0.05) is 22.4 Å². The van der Waals surface area contributed by atoms with Crippen molar-refractivity contribution in [1.82, 2.24) is 4.98 Å². The van der Waals surface area contributed by atoms with Gasteiger partial charge in [-0.2, -0.15) is 5.43 Å². The van der Waals surface area contributed by atoms with Crippen LogP contribution in [0.3, 0.4) is 0 Å². The van der Waals surface area contributed by atoms with Crippen molar-refractivity contribution in [1.29, 1.82) is 0 Å². The predicted octanol–water partition coefficient (Wildman–Crippen LogP) is 2.45. The van der Waals surface area contributed by atoms with Crippen LogP contribution < -0.4 is 10.1 Å². The molecule has 0 unspecified atom stereocenters. The monoisotopic (exact) mass is 350 g/mol. The number of carbonyl (C=O) groups is 1. The Morgan fingerprint density at radius 1 is 1.58 bits per heavy atom. The molecule has 0 saturated carbocycles. The number of halogens is 2. The molecule has 0 aromatic carbocycles. The van der Waals surface area contributed by atoms with Crippen molar-refractivity contribution in [2.24, 2.45) is 0 Å². The lowest BCUT2D eigenvalue weighted by molar-refractivity contribution is -0.661. The highest BCUT2D eigenvalue weighted by atomic mass is 79.9. The molecule has 7 heteroatoms. The molecule has 0 spiro atoms. The predicted molar refractivity (Wildman–Crippen MR) is 76.4 cm³/mol. The third-order valence-corrected chi connectivity index (χ3v) is 2.80. The highest BCUT2D eigenvalue weighted by Crippen LogP contribution is 2.09. The van der Waals surface area contributed by atoms with Gasteiger partial charge in [-0.25, -0.2) is 4.98 Å². The van der Waals surface area contributed by atoms with Crippen molar-refractivity contribution in [3.05, 3.63) is 22.1 Å². The lowest BCUT2D eigenvalue weighted by atomic mass is 10.2. The molecular weight excluding hydrogens is 334 g/mol. The summed E-state index contributed by atoms with van der Waals surface area (Å²) in [7, 11) is 0. The van der Waals surface area contributed by atoms with Gasteiger partial charge in [-0.05, 0) is 27.2 Å².